The summed E-state index contributed by atoms with van der Waals surface area (Å²) in [5.41, 5.74) is 1.30. The van der Waals surface area contributed by atoms with Crippen molar-refractivity contribution in [2.45, 2.75) is 0 Å². The van der Waals surface area contributed by atoms with E-state index in [0.717, 1.165) is 0 Å². The molecule has 0 fully saturated rings. The molecule has 16 heavy (non-hydrogen) atoms. The number of rotatable bonds is 2. The van der Waals surface area contributed by atoms with E-state index in [4.69, 9.17) is 5.11 Å². The zero-order chi connectivity index (χ0) is 11.7. The molecule has 5 heteroatoms. The van der Waals surface area contributed by atoms with Crippen LogP contribution >= 0.6 is 0 Å². The van der Waals surface area contributed by atoms with E-state index in [1.807, 2.05) is 0 Å². The maximum absolute atomic E-state index is 12.7. The molecule has 0 radical (unpaired) electrons. The largest absolute Gasteiger partial charge is 0.477 e. The summed E-state index contributed by atoms with van der Waals surface area (Å²) in [7, 11) is 1.55. The fraction of sp³-hybridized carbons (Fsp3) is 0.0909. The summed E-state index contributed by atoms with van der Waals surface area (Å²) < 4.78 is 14.0. The summed E-state index contributed by atoms with van der Waals surface area (Å²) in [6.45, 7) is 0. The molecule has 0 aliphatic carbocycles. The lowest BCUT2D eigenvalue weighted by molar-refractivity contribution is 0.0685. The zero-order valence-corrected chi connectivity index (χ0v) is 8.51. The molecule has 0 amide bonds. The van der Waals surface area contributed by atoms with Gasteiger partial charge >= 0.3 is 5.97 Å². The minimum absolute atomic E-state index is 0.0966. The lowest BCUT2D eigenvalue weighted by atomic mass is 10.1. The lowest BCUT2D eigenvalue weighted by Crippen LogP contribution is -2.04. The van der Waals surface area contributed by atoms with Crippen LogP contribution in [0.4, 0.5) is 4.39 Å². The number of carboxylic acid groups (broad SMARTS) is 1. The predicted molar refractivity (Wildman–Crippen MR) is 55.6 cm³/mol. The van der Waals surface area contributed by atoms with E-state index < -0.39 is 5.97 Å². The Kier molecular flexibility index (Phi) is 2.44. The van der Waals surface area contributed by atoms with Gasteiger partial charge < -0.3 is 5.11 Å². The Bertz CT molecular complexity index is 531. The molecule has 1 heterocycles. The fourth-order valence-corrected chi connectivity index (χ4v) is 1.43. The van der Waals surface area contributed by atoms with Crippen LogP contribution in [-0.4, -0.2) is 20.9 Å². The van der Waals surface area contributed by atoms with Gasteiger partial charge in [-0.15, -0.1) is 0 Å². The van der Waals surface area contributed by atoms with Crippen LogP contribution in [0, 0.1) is 5.82 Å². The number of aromatic nitrogens is 2. The summed E-state index contributed by atoms with van der Waals surface area (Å²) in [5, 5.41) is 12.9. The average Bonchev–Trinajstić information content (AvgIpc) is 2.61. The molecule has 0 unspecified atom stereocenters. The van der Waals surface area contributed by atoms with Crippen molar-refractivity contribution in [1.82, 2.24) is 9.78 Å². The smallest absolute Gasteiger partial charge is 0.354 e. The average molecular weight is 220 g/mol. The molecule has 2 aromatic rings. The van der Waals surface area contributed by atoms with Gasteiger partial charge in [0, 0.05) is 12.6 Å². The van der Waals surface area contributed by atoms with E-state index in [2.05, 4.69) is 5.10 Å². The van der Waals surface area contributed by atoms with Gasteiger partial charge in [-0.3, -0.25) is 4.68 Å². The Hall–Kier alpha value is -2.17. The van der Waals surface area contributed by atoms with Crippen LogP contribution in [0.1, 0.15) is 10.5 Å². The highest BCUT2D eigenvalue weighted by Crippen LogP contribution is 2.19. The molecular formula is C11H9FN2O2. The van der Waals surface area contributed by atoms with E-state index >= 15 is 0 Å². The second-order valence-corrected chi connectivity index (χ2v) is 3.35. The first-order valence-electron chi connectivity index (χ1n) is 4.61. The second kappa shape index (κ2) is 3.77. The first-order valence-corrected chi connectivity index (χ1v) is 4.61. The fourth-order valence-electron chi connectivity index (χ4n) is 1.43. The quantitative estimate of drug-likeness (QED) is 0.841. The van der Waals surface area contributed by atoms with Gasteiger partial charge in [0.2, 0.25) is 0 Å². The van der Waals surface area contributed by atoms with Gasteiger partial charge in [0.1, 0.15) is 11.5 Å². The van der Waals surface area contributed by atoms with Crippen molar-refractivity contribution < 1.29 is 14.3 Å². The van der Waals surface area contributed by atoms with Gasteiger partial charge in [0.15, 0.2) is 0 Å². The summed E-state index contributed by atoms with van der Waals surface area (Å²) in [4.78, 5) is 10.8. The lowest BCUT2D eigenvalue weighted by Gasteiger charge is -1.95. The Morgan fingerprint density at radius 3 is 2.50 bits per heavy atom. The third-order valence-corrected chi connectivity index (χ3v) is 2.24. The maximum Gasteiger partial charge on any atom is 0.354 e. The normalized spacial score (nSPS) is 10.4. The number of hydrogen-bond acceptors (Lipinski definition) is 2. The van der Waals surface area contributed by atoms with Crippen molar-refractivity contribution in [3.8, 4) is 11.3 Å². The number of aryl methyl sites for hydroxylation is 1. The minimum atomic E-state index is -1.04. The van der Waals surface area contributed by atoms with Crippen LogP contribution in [0.2, 0.25) is 0 Å². The van der Waals surface area contributed by atoms with Crippen LogP contribution in [0.15, 0.2) is 30.3 Å². The van der Waals surface area contributed by atoms with E-state index in [1.54, 1.807) is 19.2 Å². The molecule has 0 saturated heterocycles. The molecule has 4 nitrogen and oxygen atoms in total. The zero-order valence-electron chi connectivity index (χ0n) is 8.51. The Balaban J connectivity index is 2.45. The Morgan fingerprint density at radius 2 is 2.00 bits per heavy atom. The topological polar surface area (TPSA) is 55.1 Å². The van der Waals surface area contributed by atoms with Crippen molar-refractivity contribution >= 4 is 5.97 Å². The summed E-state index contributed by atoms with van der Waals surface area (Å²) in [5.74, 6) is -1.37. The number of hydrogen-bond donors (Lipinski definition) is 1. The van der Waals surface area contributed by atoms with Gasteiger partial charge in [-0.25, -0.2) is 9.18 Å². The van der Waals surface area contributed by atoms with E-state index in [9.17, 15) is 9.18 Å². The third kappa shape index (κ3) is 1.79. The Morgan fingerprint density at radius 1 is 1.38 bits per heavy atom. The molecule has 0 bridgehead atoms. The van der Waals surface area contributed by atoms with Crippen LogP contribution in [0.25, 0.3) is 11.3 Å². The molecule has 0 spiro atoms. The number of nitrogens with zero attached hydrogens (tertiary/aromatic N) is 2. The van der Waals surface area contributed by atoms with Gasteiger partial charge in [0.25, 0.3) is 0 Å². The molecule has 1 aromatic carbocycles. The maximum atomic E-state index is 12.7. The first kappa shape index (κ1) is 10.4. The highest BCUT2D eigenvalue weighted by atomic mass is 19.1. The molecule has 1 N–H and O–H groups in total. The van der Waals surface area contributed by atoms with E-state index in [-0.39, 0.29) is 11.5 Å². The molecule has 0 aliphatic heterocycles. The molecule has 82 valence electrons. The molecule has 0 aliphatic rings. The van der Waals surface area contributed by atoms with Gasteiger partial charge in [-0.1, -0.05) is 0 Å². The van der Waals surface area contributed by atoms with Crippen molar-refractivity contribution in [1.29, 1.82) is 0 Å². The number of halogens is 1. The highest BCUT2D eigenvalue weighted by molar-refractivity contribution is 5.87. The molecular weight excluding hydrogens is 211 g/mol. The molecule has 2 rings (SSSR count). The van der Waals surface area contributed by atoms with E-state index in [1.165, 1.54) is 22.9 Å². The van der Waals surface area contributed by atoms with Crippen LogP contribution < -0.4 is 0 Å². The van der Waals surface area contributed by atoms with Crippen molar-refractivity contribution in [3.63, 3.8) is 0 Å². The summed E-state index contributed by atoms with van der Waals surface area (Å²) in [6, 6.07) is 7.19. The molecule has 0 saturated carbocycles. The third-order valence-electron chi connectivity index (χ3n) is 2.24. The first-order chi connectivity index (χ1) is 7.58. The van der Waals surface area contributed by atoms with Crippen molar-refractivity contribution in [2.75, 3.05) is 0 Å². The second-order valence-electron chi connectivity index (χ2n) is 3.35. The monoisotopic (exact) mass is 220 g/mol. The molecule has 1 aromatic heterocycles. The number of aromatic carboxylic acids is 1. The van der Waals surface area contributed by atoms with Gasteiger partial charge in [-0.2, -0.15) is 5.10 Å². The summed E-state index contributed by atoms with van der Waals surface area (Å²) >= 11 is 0. The van der Waals surface area contributed by atoms with Gasteiger partial charge in [-0.05, 0) is 30.3 Å². The SMILES string of the molecule is Cn1nc(-c2ccc(F)cc2)cc1C(=O)O. The van der Waals surface area contributed by atoms with Crippen molar-refractivity contribution in [3.05, 3.63) is 41.8 Å². The van der Waals surface area contributed by atoms with Crippen molar-refractivity contribution in [2.24, 2.45) is 7.05 Å². The van der Waals surface area contributed by atoms with Crippen LogP contribution in [0.5, 0.6) is 0 Å². The molecule has 0 atom stereocenters. The van der Waals surface area contributed by atoms with Gasteiger partial charge in [0.05, 0.1) is 5.69 Å². The summed E-state index contributed by atoms with van der Waals surface area (Å²) in [6.07, 6.45) is 0. The minimum Gasteiger partial charge on any atom is -0.477 e. The highest BCUT2D eigenvalue weighted by Gasteiger charge is 2.12. The van der Waals surface area contributed by atoms with Crippen LogP contribution in [-0.2, 0) is 7.05 Å². The standard InChI is InChI=1S/C11H9FN2O2/c1-14-10(11(15)16)6-9(13-14)7-2-4-8(12)5-3-7/h2-6H,1H3,(H,15,16). The number of carbonyl (C=O) groups is 1. The predicted octanol–water partition coefficient (Wildman–Crippen LogP) is 1.92. The number of benzene rings is 1. The van der Waals surface area contributed by atoms with E-state index in [0.29, 0.717) is 11.3 Å². The number of carboxylic acids is 1. The van der Waals surface area contributed by atoms with Crippen LogP contribution in [0.3, 0.4) is 0 Å². The Labute approximate surface area is 90.9 Å².